The van der Waals surface area contributed by atoms with Gasteiger partial charge in [0.2, 0.25) is 0 Å². The third-order valence-electron chi connectivity index (χ3n) is 1.82. The maximum atomic E-state index is 4.93. The molecule has 3 nitrogen and oxygen atoms in total. The van der Waals surface area contributed by atoms with E-state index in [1.165, 1.54) is 5.56 Å². The predicted molar refractivity (Wildman–Crippen MR) is 59.6 cm³/mol. The molecule has 0 amide bonds. The van der Waals surface area contributed by atoms with Crippen LogP contribution in [0.25, 0.3) is 0 Å². The van der Waals surface area contributed by atoms with Crippen LogP contribution in [0.3, 0.4) is 0 Å². The molecule has 14 heavy (non-hydrogen) atoms. The van der Waals surface area contributed by atoms with Gasteiger partial charge in [0, 0.05) is 26.4 Å². The molecule has 0 fully saturated rings. The molecule has 0 aliphatic heterocycles. The average Bonchev–Trinajstić information content (AvgIpc) is 2.25. The molecule has 1 heterocycles. The molecule has 0 aromatic carbocycles. The summed E-state index contributed by atoms with van der Waals surface area (Å²) in [5.41, 5.74) is 1.21. The topological polar surface area (TPSA) is 34.1 Å². The summed E-state index contributed by atoms with van der Waals surface area (Å²) in [5.74, 6) is 0. The Morgan fingerprint density at radius 2 is 2.36 bits per heavy atom. The molecular formula is C10H16N2OS. The van der Waals surface area contributed by atoms with Crippen molar-refractivity contribution < 1.29 is 4.74 Å². The molecule has 0 saturated carbocycles. The van der Waals surface area contributed by atoms with E-state index in [1.54, 1.807) is 18.9 Å². The summed E-state index contributed by atoms with van der Waals surface area (Å²) in [7, 11) is 1.70. The highest BCUT2D eigenvalue weighted by molar-refractivity contribution is 7.98. The molecule has 1 aromatic heterocycles. The number of hydrogen-bond donors (Lipinski definition) is 1. The van der Waals surface area contributed by atoms with Crippen LogP contribution in [0.15, 0.2) is 23.4 Å². The van der Waals surface area contributed by atoms with Gasteiger partial charge in [-0.3, -0.25) is 0 Å². The van der Waals surface area contributed by atoms with Crippen LogP contribution in [-0.4, -0.2) is 31.5 Å². The third kappa shape index (κ3) is 4.09. The summed E-state index contributed by atoms with van der Waals surface area (Å²) in [6.07, 6.45) is 3.93. The highest BCUT2D eigenvalue weighted by Crippen LogP contribution is 2.10. The van der Waals surface area contributed by atoms with Crippen LogP contribution in [0, 0.1) is 0 Å². The van der Waals surface area contributed by atoms with Crippen LogP contribution >= 0.6 is 11.8 Å². The first-order chi connectivity index (χ1) is 6.86. The molecule has 0 bridgehead atoms. The van der Waals surface area contributed by atoms with Crippen molar-refractivity contribution >= 4 is 11.8 Å². The standard InChI is InChI=1S/C10H16N2OS/c1-13-6-5-11-7-9-3-4-10(14-2)12-8-9/h3-4,8,11H,5-7H2,1-2H3. The van der Waals surface area contributed by atoms with E-state index in [4.69, 9.17) is 4.74 Å². The molecule has 0 atom stereocenters. The summed E-state index contributed by atoms with van der Waals surface area (Å²) < 4.78 is 4.93. The van der Waals surface area contributed by atoms with Crippen molar-refractivity contribution in [2.75, 3.05) is 26.5 Å². The SMILES string of the molecule is COCCNCc1ccc(SC)nc1. The van der Waals surface area contributed by atoms with Crippen molar-refractivity contribution in [3.05, 3.63) is 23.9 Å². The maximum absolute atomic E-state index is 4.93. The summed E-state index contributed by atoms with van der Waals surface area (Å²) in [5, 5.41) is 4.33. The van der Waals surface area contributed by atoms with E-state index in [0.717, 1.165) is 24.7 Å². The first kappa shape index (κ1) is 11.5. The molecule has 0 saturated heterocycles. The zero-order valence-corrected chi connectivity index (χ0v) is 9.43. The van der Waals surface area contributed by atoms with Gasteiger partial charge in [0.1, 0.15) is 0 Å². The Morgan fingerprint density at radius 1 is 1.50 bits per heavy atom. The van der Waals surface area contributed by atoms with Gasteiger partial charge in [-0.05, 0) is 17.9 Å². The Bertz CT molecular complexity index is 251. The van der Waals surface area contributed by atoms with Gasteiger partial charge in [0.15, 0.2) is 0 Å². The van der Waals surface area contributed by atoms with Crippen LogP contribution in [0.1, 0.15) is 5.56 Å². The van der Waals surface area contributed by atoms with Crippen molar-refractivity contribution in [1.29, 1.82) is 0 Å². The molecule has 78 valence electrons. The molecule has 0 aliphatic rings. The molecule has 0 unspecified atom stereocenters. The zero-order valence-electron chi connectivity index (χ0n) is 8.62. The second kappa shape index (κ2) is 6.81. The molecule has 0 radical (unpaired) electrons. The van der Waals surface area contributed by atoms with E-state index in [1.807, 2.05) is 18.5 Å². The number of hydrogen-bond acceptors (Lipinski definition) is 4. The second-order valence-electron chi connectivity index (χ2n) is 2.88. The van der Waals surface area contributed by atoms with Gasteiger partial charge >= 0.3 is 0 Å². The van der Waals surface area contributed by atoms with Crippen LogP contribution < -0.4 is 5.32 Å². The molecule has 0 spiro atoms. The maximum Gasteiger partial charge on any atom is 0.0957 e. The van der Waals surface area contributed by atoms with Gasteiger partial charge in [-0.25, -0.2) is 4.98 Å². The van der Waals surface area contributed by atoms with E-state index in [-0.39, 0.29) is 0 Å². The van der Waals surface area contributed by atoms with E-state index < -0.39 is 0 Å². The largest absolute Gasteiger partial charge is 0.383 e. The lowest BCUT2D eigenvalue weighted by molar-refractivity contribution is 0.199. The smallest absolute Gasteiger partial charge is 0.0957 e. The van der Waals surface area contributed by atoms with Gasteiger partial charge in [-0.15, -0.1) is 11.8 Å². The predicted octanol–water partition coefficient (Wildman–Crippen LogP) is 1.54. The number of nitrogens with one attached hydrogen (secondary N) is 1. The van der Waals surface area contributed by atoms with Gasteiger partial charge in [0.25, 0.3) is 0 Å². The van der Waals surface area contributed by atoms with Gasteiger partial charge in [0.05, 0.1) is 11.6 Å². The minimum Gasteiger partial charge on any atom is -0.383 e. The third-order valence-corrected chi connectivity index (χ3v) is 2.48. The van der Waals surface area contributed by atoms with E-state index in [2.05, 4.69) is 16.4 Å². The Hall–Kier alpha value is -0.580. The highest BCUT2D eigenvalue weighted by Gasteiger charge is 1.94. The lowest BCUT2D eigenvalue weighted by atomic mass is 10.3. The van der Waals surface area contributed by atoms with Crippen molar-refractivity contribution in [3.8, 4) is 0 Å². The highest BCUT2D eigenvalue weighted by atomic mass is 32.2. The first-order valence-electron chi connectivity index (χ1n) is 4.55. The minimum absolute atomic E-state index is 0.746. The summed E-state index contributed by atoms with van der Waals surface area (Å²) in [6.45, 7) is 2.47. The number of rotatable bonds is 6. The first-order valence-corrected chi connectivity index (χ1v) is 5.78. The quantitative estimate of drug-likeness (QED) is 0.573. The number of nitrogens with zero attached hydrogens (tertiary/aromatic N) is 1. The number of aromatic nitrogens is 1. The van der Waals surface area contributed by atoms with Crippen molar-refractivity contribution in [2.45, 2.75) is 11.6 Å². The van der Waals surface area contributed by atoms with Crippen LogP contribution in [0.5, 0.6) is 0 Å². The number of thioether (sulfide) groups is 1. The van der Waals surface area contributed by atoms with E-state index in [0.29, 0.717) is 0 Å². The molecule has 4 heteroatoms. The Labute approximate surface area is 89.3 Å². The fourth-order valence-corrected chi connectivity index (χ4v) is 1.41. The monoisotopic (exact) mass is 212 g/mol. The average molecular weight is 212 g/mol. The summed E-state index contributed by atoms with van der Waals surface area (Å²) >= 11 is 1.66. The zero-order chi connectivity index (χ0) is 10.2. The fourth-order valence-electron chi connectivity index (χ4n) is 1.04. The molecule has 1 rings (SSSR count). The van der Waals surface area contributed by atoms with Crippen LogP contribution in [0.2, 0.25) is 0 Å². The molecule has 1 aromatic rings. The molecule has 0 aliphatic carbocycles. The number of methoxy groups -OCH3 is 1. The van der Waals surface area contributed by atoms with Gasteiger partial charge in [-0.1, -0.05) is 6.07 Å². The van der Waals surface area contributed by atoms with Crippen LogP contribution in [0.4, 0.5) is 0 Å². The van der Waals surface area contributed by atoms with Crippen LogP contribution in [-0.2, 0) is 11.3 Å². The van der Waals surface area contributed by atoms with Crippen molar-refractivity contribution in [3.63, 3.8) is 0 Å². The normalized spacial score (nSPS) is 10.4. The van der Waals surface area contributed by atoms with Crippen molar-refractivity contribution in [2.24, 2.45) is 0 Å². The lowest BCUT2D eigenvalue weighted by Gasteiger charge is -2.04. The van der Waals surface area contributed by atoms with Gasteiger partial charge < -0.3 is 10.1 Å². The minimum atomic E-state index is 0.746. The van der Waals surface area contributed by atoms with E-state index in [9.17, 15) is 0 Å². The Balaban J connectivity index is 2.29. The summed E-state index contributed by atoms with van der Waals surface area (Å²) in [6, 6.07) is 4.14. The number of pyridine rings is 1. The molecular weight excluding hydrogens is 196 g/mol. The van der Waals surface area contributed by atoms with Crippen molar-refractivity contribution in [1.82, 2.24) is 10.3 Å². The Kier molecular flexibility index (Phi) is 5.59. The lowest BCUT2D eigenvalue weighted by Crippen LogP contribution is -2.18. The fraction of sp³-hybridized carbons (Fsp3) is 0.500. The van der Waals surface area contributed by atoms with E-state index >= 15 is 0 Å². The second-order valence-corrected chi connectivity index (χ2v) is 3.70. The molecule has 1 N–H and O–H groups in total. The van der Waals surface area contributed by atoms with Gasteiger partial charge in [-0.2, -0.15) is 0 Å². The summed E-state index contributed by atoms with van der Waals surface area (Å²) in [4.78, 5) is 4.29. The number of ether oxygens (including phenoxy) is 1. The Morgan fingerprint density at radius 3 is 2.93 bits per heavy atom.